The molecule has 9 rings (SSSR count). The maximum Gasteiger partial charge on any atom is 0.145 e. The fourth-order valence-corrected chi connectivity index (χ4v) is 7.71. The van der Waals surface area contributed by atoms with Gasteiger partial charge in [-0.15, -0.1) is 11.3 Å². The summed E-state index contributed by atoms with van der Waals surface area (Å²) < 4.78 is 4.89. The third kappa shape index (κ3) is 3.01. The number of aromatic nitrogens is 2. The zero-order valence-electron chi connectivity index (χ0n) is 21.5. The highest BCUT2D eigenvalue weighted by Crippen LogP contribution is 2.43. The average molecular weight is 527 g/mol. The lowest BCUT2D eigenvalue weighted by Gasteiger charge is -2.14. The second-order valence-electron chi connectivity index (χ2n) is 10.4. The van der Waals surface area contributed by atoms with Crippen LogP contribution >= 0.6 is 11.3 Å². The van der Waals surface area contributed by atoms with E-state index in [9.17, 15) is 0 Å². The summed E-state index contributed by atoms with van der Waals surface area (Å²) in [6, 6.07) is 44.4. The van der Waals surface area contributed by atoms with E-state index in [1.807, 2.05) is 17.5 Å². The van der Waals surface area contributed by atoms with Crippen LogP contribution in [0.4, 0.5) is 0 Å². The molecule has 3 heteroatoms. The minimum Gasteiger partial charge on any atom is -0.299 e. The molecule has 0 fully saturated rings. The van der Waals surface area contributed by atoms with Crippen molar-refractivity contribution in [2.45, 2.75) is 0 Å². The predicted octanol–water partition coefficient (Wildman–Crippen LogP) is 10.5. The van der Waals surface area contributed by atoms with Crippen LogP contribution in [0.5, 0.6) is 0 Å². The van der Waals surface area contributed by atoms with Gasteiger partial charge in [0.2, 0.25) is 0 Å². The fourth-order valence-electron chi connectivity index (χ4n) is 6.48. The highest BCUT2D eigenvalue weighted by atomic mass is 32.1. The van der Waals surface area contributed by atoms with Crippen LogP contribution < -0.4 is 0 Å². The van der Waals surface area contributed by atoms with Gasteiger partial charge in [0.1, 0.15) is 5.65 Å². The Balaban J connectivity index is 1.31. The summed E-state index contributed by atoms with van der Waals surface area (Å²) in [4.78, 5) is 4.66. The highest BCUT2D eigenvalue weighted by Gasteiger charge is 2.15. The molecule has 0 aliphatic heterocycles. The smallest absolute Gasteiger partial charge is 0.145 e. The molecule has 9 aromatic rings. The third-order valence-electron chi connectivity index (χ3n) is 8.28. The maximum atomic E-state index is 4.66. The summed E-state index contributed by atoms with van der Waals surface area (Å²) in [5.41, 5.74) is 7.23. The van der Waals surface area contributed by atoms with Crippen molar-refractivity contribution in [3.63, 3.8) is 0 Å². The molecule has 0 aliphatic carbocycles. The van der Waals surface area contributed by atoms with Crippen LogP contribution in [0.2, 0.25) is 0 Å². The summed E-state index contributed by atoms with van der Waals surface area (Å²) in [7, 11) is 0. The van der Waals surface area contributed by atoms with Crippen LogP contribution in [0.3, 0.4) is 0 Å². The fraction of sp³-hybridized carbons (Fsp3) is 0. The van der Waals surface area contributed by atoms with Gasteiger partial charge >= 0.3 is 0 Å². The number of hydrogen-bond acceptors (Lipinski definition) is 2. The van der Waals surface area contributed by atoms with Crippen molar-refractivity contribution < 1.29 is 0 Å². The van der Waals surface area contributed by atoms with Gasteiger partial charge in [0.15, 0.2) is 0 Å². The molecule has 0 N–H and O–H groups in total. The van der Waals surface area contributed by atoms with Gasteiger partial charge in [-0.2, -0.15) is 0 Å². The lowest BCUT2D eigenvalue weighted by atomic mass is 9.91. The second kappa shape index (κ2) is 8.25. The molecule has 0 saturated carbocycles. The summed E-state index contributed by atoms with van der Waals surface area (Å²) in [5.74, 6) is 0. The summed E-state index contributed by atoms with van der Waals surface area (Å²) in [6.07, 6.45) is 3.95. The minimum absolute atomic E-state index is 1.00. The van der Waals surface area contributed by atoms with E-state index in [2.05, 4.69) is 137 Å². The number of thiophene rings is 1. The quantitative estimate of drug-likeness (QED) is 0.205. The number of hydrogen-bond donors (Lipinski definition) is 0. The van der Waals surface area contributed by atoms with Crippen molar-refractivity contribution in [3.05, 3.63) is 134 Å². The van der Waals surface area contributed by atoms with Gasteiger partial charge in [-0.05, 0) is 51.0 Å². The van der Waals surface area contributed by atoms with E-state index in [0.717, 1.165) is 5.65 Å². The van der Waals surface area contributed by atoms with E-state index in [1.54, 1.807) is 0 Å². The minimum atomic E-state index is 1.00. The first kappa shape index (κ1) is 21.9. The Bertz CT molecular complexity index is 2440. The Labute approximate surface area is 234 Å². The predicted molar refractivity (Wildman–Crippen MR) is 171 cm³/mol. The molecule has 0 radical (unpaired) electrons. The molecule has 0 unspecified atom stereocenters. The van der Waals surface area contributed by atoms with Crippen molar-refractivity contribution in [3.8, 4) is 22.3 Å². The zero-order valence-corrected chi connectivity index (χ0v) is 22.3. The molecule has 3 aromatic heterocycles. The normalized spacial score (nSPS) is 12.0. The number of pyridine rings is 1. The Morgan fingerprint density at radius 3 is 2.08 bits per heavy atom. The van der Waals surface area contributed by atoms with Crippen LogP contribution in [0, 0.1) is 0 Å². The summed E-state index contributed by atoms with van der Waals surface area (Å²) >= 11 is 1.89. The lowest BCUT2D eigenvalue weighted by molar-refractivity contribution is 1.27. The van der Waals surface area contributed by atoms with Crippen LogP contribution in [0.1, 0.15) is 0 Å². The second-order valence-corrected chi connectivity index (χ2v) is 11.4. The largest absolute Gasteiger partial charge is 0.299 e. The van der Waals surface area contributed by atoms with E-state index < -0.39 is 0 Å². The van der Waals surface area contributed by atoms with E-state index in [1.165, 1.54) is 74.9 Å². The van der Waals surface area contributed by atoms with Gasteiger partial charge in [-0.25, -0.2) is 4.98 Å². The average Bonchev–Trinajstić information content (AvgIpc) is 3.66. The van der Waals surface area contributed by atoms with Crippen LogP contribution in [0.25, 0.3) is 80.5 Å². The molecule has 0 bridgehead atoms. The molecule has 0 saturated heterocycles. The number of nitrogens with zero attached hydrogens (tertiary/aromatic N) is 2. The molecular weight excluding hydrogens is 504 g/mol. The van der Waals surface area contributed by atoms with Crippen molar-refractivity contribution >= 4 is 69.6 Å². The lowest BCUT2D eigenvalue weighted by Crippen LogP contribution is -1.92. The van der Waals surface area contributed by atoms with Gasteiger partial charge < -0.3 is 0 Å². The molecule has 186 valence electrons. The first-order valence-corrected chi connectivity index (χ1v) is 14.4. The Kier molecular flexibility index (Phi) is 4.52. The zero-order chi connectivity index (χ0) is 26.2. The first-order chi connectivity index (χ1) is 19.8. The Morgan fingerprint density at radius 2 is 1.20 bits per heavy atom. The van der Waals surface area contributed by atoms with Crippen molar-refractivity contribution in [2.24, 2.45) is 0 Å². The molecule has 0 atom stereocenters. The molecule has 0 aliphatic rings. The molecule has 3 heterocycles. The van der Waals surface area contributed by atoms with Gasteiger partial charge in [0.05, 0.1) is 5.52 Å². The third-order valence-corrected chi connectivity index (χ3v) is 9.50. The van der Waals surface area contributed by atoms with E-state index >= 15 is 0 Å². The topological polar surface area (TPSA) is 17.3 Å². The standard InChI is InChI=1S/C37H22N2S/c1-2-9-26-25(8-1)24(17-18-28(26)30-13-7-14-31-29-11-5-6-15-35(29)40-36(30)31)23-16-19-34-33(22-23)27-10-3-4-12-32(27)37-38-20-21-39(34)37/h1-22H. The number of fused-ring (bicyclic) bond motifs is 10. The van der Waals surface area contributed by atoms with Gasteiger partial charge in [-0.1, -0.05) is 103 Å². The summed E-state index contributed by atoms with van der Waals surface area (Å²) in [5, 5.41) is 8.86. The molecule has 40 heavy (non-hydrogen) atoms. The van der Waals surface area contributed by atoms with E-state index in [-0.39, 0.29) is 0 Å². The monoisotopic (exact) mass is 526 g/mol. The van der Waals surface area contributed by atoms with Crippen LogP contribution in [0.15, 0.2) is 134 Å². The molecular formula is C37H22N2S. The van der Waals surface area contributed by atoms with Crippen LogP contribution in [-0.2, 0) is 0 Å². The van der Waals surface area contributed by atoms with E-state index in [0.29, 0.717) is 0 Å². The van der Waals surface area contributed by atoms with Crippen molar-refractivity contribution in [2.75, 3.05) is 0 Å². The van der Waals surface area contributed by atoms with Gasteiger partial charge in [0, 0.05) is 48.9 Å². The van der Waals surface area contributed by atoms with Crippen molar-refractivity contribution in [1.82, 2.24) is 9.38 Å². The SMILES string of the molecule is c1ccc2c(c1)sc1c(-c3ccc(-c4ccc5c(c4)c4ccccc4c4nccn54)c4ccccc34)cccc12. The first-order valence-electron chi connectivity index (χ1n) is 13.6. The number of benzene rings is 6. The maximum absolute atomic E-state index is 4.66. The van der Waals surface area contributed by atoms with Crippen LogP contribution in [-0.4, -0.2) is 9.38 Å². The molecule has 6 aromatic carbocycles. The summed E-state index contributed by atoms with van der Waals surface area (Å²) in [6.45, 7) is 0. The van der Waals surface area contributed by atoms with Gasteiger partial charge in [0.25, 0.3) is 0 Å². The Hall–Kier alpha value is -4.99. The highest BCUT2D eigenvalue weighted by molar-refractivity contribution is 7.26. The number of rotatable bonds is 2. The number of imidazole rings is 1. The van der Waals surface area contributed by atoms with E-state index in [4.69, 9.17) is 0 Å². The molecule has 0 amide bonds. The molecule has 2 nitrogen and oxygen atoms in total. The van der Waals surface area contributed by atoms with Gasteiger partial charge in [-0.3, -0.25) is 4.40 Å². The Morgan fingerprint density at radius 1 is 0.500 bits per heavy atom. The van der Waals surface area contributed by atoms with Crippen molar-refractivity contribution in [1.29, 1.82) is 0 Å². The molecule has 0 spiro atoms.